The van der Waals surface area contributed by atoms with E-state index in [0.29, 0.717) is 12.5 Å². The van der Waals surface area contributed by atoms with Crippen LogP contribution >= 0.6 is 0 Å². The van der Waals surface area contributed by atoms with Crippen LogP contribution in [0, 0.1) is 0 Å². The van der Waals surface area contributed by atoms with Gasteiger partial charge in [-0.05, 0) is 29.7 Å². The van der Waals surface area contributed by atoms with Gasteiger partial charge in [0.05, 0.1) is 6.10 Å². The molecule has 112 valence electrons. The van der Waals surface area contributed by atoms with Gasteiger partial charge in [-0.2, -0.15) is 0 Å². The van der Waals surface area contributed by atoms with E-state index in [1.165, 1.54) is 11.1 Å². The second-order valence-corrected chi connectivity index (χ2v) is 6.02. The minimum Gasteiger partial charge on any atom is -0.387 e. The number of rotatable bonds is 6. The van der Waals surface area contributed by atoms with Crippen LogP contribution in [0.1, 0.15) is 42.6 Å². The lowest BCUT2D eigenvalue weighted by molar-refractivity contribution is 0.124. The highest BCUT2D eigenvalue weighted by atomic mass is 16.3. The molecule has 2 nitrogen and oxygen atoms in total. The van der Waals surface area contributed by atoms with Crippen molar-refractivity contribution in [3.8, 4) is 0 Å². The number of benzene rings is 2. The molecular formula is C19H25NO. The quantitative estimate of drug-likeness (QED) is 0.867. The molecule has 0 aliphatic rings. The van der Waals surface area contributed by atoms with Gasteiger partial charge in [-0.25, -0.2) is 0 Å². The summed E-state index contributed by atoms with van der Waals surface area (Å²) >= 11 is 0. The van der Waals surface area contributed by atoms with Crippen LogP contribution in [0.5, 0.6) is 0 Å². The molecule has 0 saturated carbocycles. The number of likely N-dealkylation sites (N-methyl/N-ethyl adjacent to an activating group) is 1. The summed E-state index contributed by atoms with van der Waals surface area (Å²) in [6.45, 7) is 5.90. The van der Waals surface area contributed by atoms with Crippen molar-refractivity contribution in [2.24, 2.45) is 0 Å². The number of aliphatic hydroxyl groups excluding tert-OH is 1. The normalized spacial score (nSPS) is 12.9. The Morgan fingerprint density at radius 3 is 2.10 bits per heavy atom. The third-order valence-electron chi connectivity index (χ3n) is 3.77. The van der Waals surface area contributed by atoms with Crippen LogP contribution in [0.2, 0.25) is 0 Å². The third kappa shape index (κ3) is 4.69. The van der Waals surface area contributed by atoms with Crippen LogP contribution < -0.4 is 0 Å². The Labute approximate surface area is 128 Å². The van der Waals surface area contributed by atoms with Crippen LogP contribution in [0.4, 0.5) is 0 Å². The Bertz CT molecular complexity index is 533. The van der Waals surface area contributed by atoms with E-state index in [9.17, 15) is 5.11 Å². The standard InChI is InChI=1S/C19H25NO/c1-15(2)17-11-9-16(10-12-17)13-20(3)14-19(21)18-7-5-4-6-8-18/h4-12,15,19,21H,13-14H2,1-3H3/t19-/m1/s1. The summed E-state index contributed by atoms with van der Waals surface area (Å²) in [7, 11) is 2.04. The molecule has 0 amide bonds. The van der Waals surface area contributed by atoms with Crippen LogP contribution in [0.15, 0.2) is 54.6 Å². The molecular weight excluding hydrogens is 258 g/mol. The number of hydrogen-bond acceptors (Lipinski definition) is 2. The van der Waals surface area contributed by atoms with E-state index in [-0.39, 0.29) is 0 Å². The van der Waals surface area contributed by atoms with Crippen LogP contribution in [-0.2, 0) is 6.54 Å². The highest BCUT2D eigenvalue weighted by Crippen LogP contribution is 2.17. The highest BCUT2D eigenvalue weighted by molar-refractivity contribution is 5.24. The second-order valence-electron chi connectivity index (χ2n) is 6.02. The van der Waals surface area contributed by atoms with Gasteiger partial charge in [0.25, 0.3) is 0 Å². The molecule has 2 aromatic carbocycles. The summed E-state index contributed by atoms with van der Waals surface area (Å²) in [5.74, 6) is 0.566. The average molecular weight is 283 g/mol. The molecule has 21 heavy (non-hydrogen) atoms. The predicted octanol–water partition coefficient (Wildman–Crippen LogP) is 3.98. The van der Waals surface area contributed by atoms with Gasteiger partial charge in [-0.1, -0.05) is 68.4 Å². The topological polar surface area (TPSA) is 23.5 Å². The molecule has 2 aromatic rings. The molecule has 0 aliphatic carbocycles. The van der Waals surface area contributed by atoms with Crippen molar-refractivity contribution in [2.45, 2.75) is 32.4 Å². The van der Waals surface area contributed by atoms with E-state index in [0.717, 1.165) is 12.1 Å². The largest absolute Gasteiger partial charge is 0.387 e. The molecule has 0 spiro atoms. The van der Waals surface area contributed by atoms with Crippen molar-refractivity contribution in [3.63, 3.8) is 0 Å². The zero-order valence-corrected chi connectivity index (χ0v) is 13.2. The number of hydrogen-bond donors (Lipinski definition) is 1. The molecule has 1 N–H and O–H groups in total. The first-order valence-corrected chi connectivity index (χ1v) is 7.56. The van der Waals surface area contributed by atoms with Crippen molar-refractivity contribution < 1.29 is 5.11 Å². The Morgan fingerprint density at radius 1 is 0.905 bits per heavy atom. The molecule has 2 rings (SSSR count). The number of aliphatic hydroxyl groups is 1. The monoisotopic (exact) mass is 283 g/mol. The lowest BCUT2D eigenvalue weighted by Gasteiger charge is -2.21. The number of nitrogens with zero attached hydrogens (tertiary/aromatic N) is 1. The minimum absolute atomic E-state index is 0.439. The summed E-state index contributed by atoms with van der Waals surface area (Å²) in [6, 6.07) is 18.6. The molecule has 2 heteroatoms. The van der Waals surface area contributed by atoms with Crippen molar-refractivity contribution in [3.05, 3.63) is 71.3 Å². The van der Waals surface area contributed by atoms with E-state index >= 15 is 0 Å². The van der Waals surface area contributed by atoms with Crippen molar-refractivity contribution in [2.75, 3.05) is 13.6 Å². The van der Waals surface area contributed by atoms with Gasteiger partial charge in [0.15, 0.2) is 0 Å². The van der Waals surface area contributed by atoms with Gasteiger partial charge in [0, 0.05) is 13.1 Å². The zero-order valence-electron chi connectivity index (χ0n) is 13.2. The van der Waals surface area contributed by atoms with E-state index in [2.05, 4.69) is 43.0 Å². The maximum Gasteiger partial charge on any atom is 0.0916 e. The summed E-state index contributed by atoms with van der Waals surface area (Å²) < 4.78 is 0. The molecule has 0 aromatic heterocycles. The second kappa shape index (κ2) is 7.39. The smallest absolute Gasteiger partial charge is 0.0916 e. The maximum atomic E-state index is 10.2. The fourth-order valence-electron chi connectivity index (χ4n) is 2.46. The molecule has 0 saturated heterocycles. The lowest BCUT2D eigenvalue weighted by Crippen LogP contribution is -2.24. The molecule has 0 unspecified atom stereocenters. The van der Waals surface area contributed by atoms with Gasteiger partial charge in [-0.3, -0.25) is 4.90 Å². The average Bonchev–Trinajstić information content (AvgIpc) is 2.48. The summed E-state index contributed by atoms with van der Waals surface area (Å²) in [4.78, 5) is 2.15. The molecule has 0 fully saturated rings. The SMILES string of the molecule is CC(C)c1ccc(CN(C)C[C@@H](O)c2ccccc2)cc1. The van der Waals surface area contributed by atoms with Crippen LogP contribution in [0.25, 0.3) is 0 Å². The fraction of sp³-hybridized carbons (Fsp3) is 0.368. The summed E-state index contributed by atoms with van der Waals surface area (Å²) in [6.07, 6.45) is -0.439. The predicted molar refractivity (Wildman–Crippen MR) is 88.3 cm³/mol. The van der Waals surface area contributed by atoms with E-state index < -0.39 is 6.10 Å². The van der Waals surface area contributed by atoms with Crippen molar-refractivity contribution in [1.29, 1.82) is 0 Å². The van der Waals surface area contributed by atoms with Gasteiger partial charge in [0.2, 0.25) is 0 Å². The van der Waals surface area contributed by atoms with Crippen molar-refractivity contribution in [1.82, 2.24) is 4.90 Å². The molecule has 0 radical (unpaired) electrons. The van der Waals surface area contributed by atoms with Gasteiger partial charge < -0.3 is 5.11 Å². The van der Waals surface area contributed by atoms with E-state index in [1.54, 1.807) is 0 Å². The van der Waals surface area contributed by atoms with Gasteiger partial charge in [0.1, 0.15) is 0 Å². The van der Waals surface area contributed by atoms with E-state index in [1.807, 2.05) is 37.4 Å². The van der Waals surface area contributed by atoms with Gasteiger partial charge in [-0.15, -0.1) is 0 Å². The Morgan fingerprint density at radius 2 is 1.52 bits per heavy atom. The fourth-order valence-corrected chi connectivity index (χ4v) is 2.46. The van der Waals surface area contributed by atoms with E-state index in [4.69, 9.17) is 0 Å². The Kier molecular flexibility index (Phi) is 5.54. The third-order valence-corrected chi connectivity index (χ3v) is 3.77. The maximum absolute atomic E-state index is 10.2. The lowest BCUT2D eigenvalue weighted by atomic mass is 10.0. The van der Waals surface area contributed by atoms with Crippen molar-refractivity contribution >= 4 is 0 Å². The van der Waals surface area contributed by atoms with Crippen LogP contribution in [-0.4, -0.2) is 23.6 Å². The first kappa shape index (κ1) is 15.7. The Hall–Kier alpha value is -1.64. The molecule has 1 atom stereocenters. The minimum atomic E-state index is -0.439. The Balaban J connectivity index is 1.91. The first-order valence-electron chi connectivity index (χ1n) is 7.56. The summed E-state index contributed by atoms with van der Waals surface area (Å²) in [5, 5.41) is 10.2. The highest BCUT2D eigenvalue weighted by Gasteiger charge is 2.10. The summed E-state index contributed by atoms with van der Waals surface area (Å²) in [5.41, 5.74) is 3.62. The zero-order chi connectivity index (χ0) is 15.2. The van der Waals surface area contributed by atoms with Gasteiger partial charge >= 0.3 is 0 Å². The molecule has 0 aliphatic heterocycles. The van der Waals surface area contributed by atoms with Crippen LogP contribution in [0.3, 0.4) is 0 Å². The molecule has 0 heterocycles. The molecule has 0 bridgehead atoms. The first-order chi connectivity index (χ1) is 10.1.